The minimum atomic E-state index is -1.12. The second-order valence-electron chi connectivity index (χ2n) is 5.55. The molecule has 0 aliphatic heterocycles. The van der Waals surface area contributed by atoms with Crippen LogP contribution in [0.25, 0.3) is 16.9 Å². The molecule has 0 saturated heterocycles. The minimum absolute atomic E-state index is 0.0330. The lowest BCUT2D eigenvalue weighted by atomic mass is 10.0. The van der Waals surface area contributed by atoms with Crippen LogP contribution in [0.2, 0.25) is 0 Å². The zero-order valence-corrected chi connectivity index (χ0v) is 13.8. The lowest BCUT2D eigenvalue weighted by molar-refractivity contribution is 0.112. The summed E-state index contributed by atoms with van der Waals surface area (Å²) in [5.74, 6) is -2.87. The smallest absolute Gasteiger partial charge is 0.187 e. The third-order valence-corrected chi connectivity index (χ3v) is 3.97. The van der Waals surface area contributed by atoms with Gasteiger partial charge >= 0.3 is 0 Å². The molecule has 1 N–H and O–H groups in total. The minimum Gasteiger partial charge on any atom is -0.503 e. The summed E-state index contributed by atoms with van der Waals surface area (Å²) in [6.07, 6.45) is 1.09. The molecule has 0 spiro atoms. The molecule has 0 saturated carbocycles. The quantitative estimate of drug-likeness (QED) is 0.731. The summed E-state index contributed by atoms with van der Waals surface area (Å²) in [5, 5.41) is 17.5. The van der Waals surface area contributed by atoms with E-state index >= 15 is 0 Å². The van der Waals surface area contributed by atoms with Crippen LogP contribution in [0.5, 0.6) is 5.75 Å². The van der Waals surface area contributed by atoms with Crippen molar-refractivity contribution in [2.75, 3.05) is 0 Å². The molecule has 2 aromatic heterocycles. The van der Waals surface area contributed by atoms with Crippen molar-refractivity contribution in [3.63, 3.8) is 0 Å². The van der Waals surface area contributed by atoms with E-state index in [4.69, 9.17) is 4.52 Å². The van der Waals surface area contributed by atoms with Crippen LogP contribution in [0.3, 0.4) is 0 Å². The number of aromatic nitrogens is 3. The zero-order valence-electron chi connectivity index (χ0n) is 13.8. The Hall–Kier alpha value is -3.03. The molecule has 1 aromatic carbocycles. The normalized spacial score (nSPS) is 11.1. The van der Waals surface area contributed by atoms with Crippen LogP contribution >= 0.6 is 0 Å². The van der Waals surface area contributed by atoms with E-state index in [1.807, 2.05) is 6.92 Å². The molecule has 130 valence electrons. The molecular weight excluding hydrogens is 332 g/mol. The van der Waals surface area contributed by atoms with E-state index in [9.17, 15) is 18.7 Å². The highest BCUT2D eigenvalue weighted by molar-refractivity contribution is 5.89. The van der Waals surface area contributed by atoms with Crippen molar-refractivity contribution in [3.8, 4) is 22.7 Å². The van der Waals surface area contributed by atoms with E-state index in [1.54, 1.807) is 13.8 Å². The Bertz CT molecular complexity index is 933. The van der Waals surface area contributed by atoms with E-state index in [2.05, 4.69) is 10.3 Å². The maximum Gasteiger partial charge on any atom is 0.187 e. The highest BCUT2D eigenvalue weighted by Crippen LogP contribution is 2.34. The van der Waals surface area contributed by atoms with Crippen LogP contribution in [-0.4, -0.2) is 26.3 Å². The molecular formula is C17H15F2N3O3. The Balaban J connectivity index is 2.38. The van der Waals surface area contributed by atoms with Crippen LogP contribution < -0.4 is 0 Å². The Labute approximate surface area is 141 Å². The molecule has 0 unspecified atom stereocenters. The highest BCUT2D eigenvalue weighted by atomic mass is 19.1. The molecule has 0 aliphatic carbocycles. The van der Waals surface area contributed by atoms with Crippen LogP contribution in [0, 0.1) is 25.5 Å². The van der Waals surface area contributed by atoms with E-state index < -0.39 is 17.4 Å². The first-order valence-corrected chi connectivity index (χ1v) is 7.57. The topological polar surface area (TPSA) is 81.2 Å². The first-order valence-electron chi connectivity index (χ1n) is 7.57. The number of hydrogen-bond acceptors (Lipinski definition) is 5. The molecule has 0 radical (unpaired) electrons. The molecule has 0 amide bonds. The predicted octanol–water partition coefficient (Wildman–Crippen LogP) is 3.50. The van der Waals surface area contributed by atoms with Gasteiger partial charge in [0.1, 0.15) is 5.76 Å². The molecule has 8 heteroatoms. The summed E-state index contributed by atoms with van der Waals surface area (Å²) in [6.45, 7) is 5.18. The third kappa shape index (κ3) is 2.59. The van der Waals surface area contributed by atoms with Gasteiger partial charge in [-0.2, -0.15) is 5.10 Å². The van der Waals surface area contributed by atoms with Gasteiger partial charge in [-0.25, -0.2) is 13.5 Å². The van der Waals surface area contributed by atoms with Gasteiger partial charge < -0.3 is 9.63 Å². The van der Waals surface area contributed by atoms with Crippen molar-refractivity contribution in [1.29, 1.82) is 0 Å². The second kappa shape index (κ2) is 6.12. The number of benzene rings is 1. The Morgan fingerprint density at radius 1 is 1.28 bits per heavy atom. The van der Waals surface area contributed by atoms with Crippen molar-refractivity contribution in [3.05, 3.63) is 46.5 Å². The lowest BCUT2D eigenvalue weighted by Gasteiger charge is -2.09. The maximum atomic E-state index is 13.8. The van der Waals surface area contributed by atoms with Crippen molar-refractivity contribution in [2.24, 2.45) is 0 Å². The molecule has 0 fully saturated rings. The zero-order chi connectivity index (χ0) is 18.3. The number of carbonyl (C=O) groups is 1. The predicted molar refractivity (Wildman–Crippen MR) is 84.9 cm³/mol. The van der Waals surface area contributed by atoms with Gasteiger partial charge in [-0.15, -0.1) is 0 Å². The average molecular weight is 347 g/mol. The maximum absolute atomic E-state index is 13.8. The van der Waals surface area contributed by atoms with Crippen LogP contribution in [-0.2, 0) is 6.42 Å². The van der Waals surface area contributed by atoms with Gasteiger partial charge in [-0.05, 0) is 20.3 Å². The number of rotatable bonds is 4. The molecule has 0 bridgehead atoms. The van der Waals surface area contributed by atoms with Crippen molar-refractivity contribution in [2.45, 2.75) is 27.2 Å². The lowest BCUT2D eigenvalue weighted by Crippen LogP contribution is -2.03. The van der Waals surface area contributed by atoms with Gasteiger partial charge in [0.05, 0.1) is 33.9 Å². The van der Waals surface area contributed by atoms with Crippen LogP contribution in [0.15, 0.2) is 16.7 Å². The number of aldehydes is 1. The van der Waals surface area contributed by atoms with E-state index in [0.717, 1.165) is 12.1 Å². The summed E-state index contributed by atoms with van der Waals surface area (Å²) in [7, 11) is 0. The van der Waals surface area contributed by atoms with Crippen molar-refractivity contribution in [1.82, 2.24) is 14.9 Å². The van der Waals surface area contributed by atoms with Gasteiger partial charge in [0.15, 0.2) is 23.7 Å². The number of carbonyl (C=O) groups excluding carboxylic acids is 1. The standard InChI is InChI=1S/C17H15F2N3O3/c1-4-14-11(7-23)16(15-8(2)21-25-9(15)3)22(20-14)10-5-12(18)17(24)13(19)6-10/h5-7,24H,4H2,1-3H3. The summed E-state index contributed by atoms with van der Waals surface area (Å²) in [4.78, 5) is 11.7. The summed E-state index contributed by atoms with van der Waals surface area (Å²) in [6, 6.07) is 1.89. The average Bonchev–Trinajstić information content (AvgIpc) is 3.11. The largest absolute Gasteiger partial charge is 0.503 e. The Morgan fingerprint density at radius 3 is 2.40 bits per heavy atom. The summed E-state index contributed by atoms with van der Waals surface area (Å²) in [5.41, 5.74) is 2.19. The first kappa shape index (κ1) is 16.8. The van der Waals surface area contributed by atoms with E-state index in [0.29, 0.717) is 46.7 Å². The van der Waals surface area contributed by atoms with Crippen LogP contribution in [0.4, 0.5) is 8.78 Å². The first-order chi connectivity index (χ1) is 11.9. The molecule has 2 heterocycles. The number of aromatic hydroxyl groups is 1. The molecule has 6 nitrogen and oxygen atoms in total. The summed E-state index contributed by atoms with van der Waals surface area (Å²) < 4.78 is 34.0. The second-order valence-corrected chi connectivity index (χ2v) is 5.55. The van der Waals surface area contributed by atoms with Gasteiger partial charge in [-0.1, -0.05) is 12.1 Å². The Morgan fingerprint density at radius 2 is 1.92 bits per heavy atom. The van der Waals surface area contributed by atoms with E-state index in [1.165, 1.54) is 4.68 Å². The molecule has 0 atom stereocenters. The van der Waals surface area contributed by atoms with Crippen LogP contribution in [0.1, 0.15) is 34.4 Å². The summed E-state index contributed by atoms with van der Waals surface area (Å²) >= 11 is 0. The number of hydrogen-bond donors (Lipinski definition) is 1. The number of phenolic OH excluding ortho intramolecular Hbond substituents is 1. The van der Waals surface area contributed by atoms with E-state index in [-0.39, 0.29) is 5.69 Å². The third-order valence-electron chi connectivity index (χ3n) is 3.97. The van der Waals surface area contributed by atoms with Crippen molar-refractivity contribution >= 4 is 6.29 Å². The number of nitrogens with zero attached hydrogens (tertiary/aromatic N) is 3. The highest BCUT2D eigenvalue weighted by Gasteiger charge is 2.25. The number of halogens is 2. The number of phenols is 1. The number of aryl methyl sites for hydroxylation is 3. The van der Waals surface area contributed by atoms with Gasteiger partial charge in [0.2, 0.25) is 0 Å². The fourth-order valence-corrected chi connectivity index (χ4v) is 2.78. The fraction of sp³-hybridized carbons (Fsp3) is 0.235. The van der Waals surface area contributed by atoms with Gasteiger partial charge in [0, 0.05) is 12.1 Å². The fourth-order valence-electron chi connectivity index (χ4n) is 2.78. The monoisotopic (exact) mass is 347 g/mol. The molecule has 3 aromatic rings. The Kier molecular flexibility index (Phi) is 4.12. The molecule has 0 aliphatic rings. The van der Waals surface area contributed by atoms with Gasteiger partial charge in [-0.3, -0.25) is 4.79 Å². The van der Waals surface area contributed by atoms with Gasteiger partial charge in [0.25, 0.3) is 0 Å². The SMILES string of the molecule is CCc1nn(-c2cc(F)c(O)c(F)c2)c(-c2c(C)noc2C)c1C=O. The molecule has 25 heavy (non-hydrogen) atoms. The van der Waals surface area contributed by atoms with Crippen molar-refractivity contribution < 1.29 is 23.2 Å². The molecule has 3 rings (SSSR count).